The molecule has 0 radical (unpaired) electrons. The second kappa shape index (κ2) is 6.55. The summed E-state index contributed by atoms with van der Waals surface area (Å²) < 4.78 is 2.10. The van der Waals surface area contributed by atoms with Gasteiger partial charge in [-0.15, -0.1) is 0 Å². The lowest BCUT2D eigenvalue weighted by Crippen LogP contribution is -2.20. The summed E-state index contributed by atoms with van der Waals surface area (Å²) in [5.41, 5.74) is 5.90. The van der Waals surface area contributed by atoms with Crippen LogP contribution in [0, 0.1) is 0 Å². The van der Waals surface area contributed by atoms with Gasteiger partial charge >= 0.3 is 0 Å². The molecule has 4 aromatic rings. The Bertz CT molecular complexity index is 1160. The molecule has 27 heavy (non-hydrogen) atoms. The van der Waals surface area contributed by atoms with Crippen LogP contribution in [0.2, 0.25) is 0 Å². The van der Waals surface area contributed by atoms with Crippen molar-refractivity contribution in [3.63, 3.8) is 0 Å². The van der Waals surface area contributed by atoms with E-state index in [0.717, 1.165) is 41.8 Å². The maximum atomic E-state index is 4.90. The van der Waals surface area contributed by atoms with E-state index in [1.54, 1.807) is 0 Å². The third kappa shape index (κ3) is 2.88. The summed E-state index contributed by atoms with van der Waals surface area (Å²) in [4.78, 5) is 18.3. The monoisotopic (exact) mass is 356 g/mol. The fourth-order valence-corrected chi connectivity index (χ4v) is 3.62. The minimum Gasteiger partial charge on any atom is -0.313 e. The van der Waals surface area contributed by atoms with Gasteiger partial charge in [0.25, 0.3) is 0 Å². The van der Waals surface area contributed by atoms with E-state index in [0.29, 0.717) is 5.65 Å². The summed E-state index contributed by atoms with van der Waals surface area (Å²) in [5.74, 6) is 0. The average Bonchev–Trinajstić information content (AvgIpc) is 3.16. The van der Waals surface area contributed by atoms with Crippen molar-refractivity contribution in [2.75, 3.05) is 13.1 Å². The second-order valence-electron chi connectivity index (χ2n) is 6.87. The first kappa shape index (κ1) is 16.1. The summed E-state index contributed by atoms with van der Waals surface area (Å²) in [6.07, 6.45) is 8.66. The summed E-state index contributed by atoms with van der Waals surface area (Å²) in [6, 6.07) is 10.5. The highest BCUT2D eigenvalue weighted by Gasteiger charge is 2.16. The van der Waals surface area contributed by atoms with Crippen molar-refractivity contribution in [3.8, 4) is 0 Å². The van der Waals surface area contributed by atoms with Crippen molar-refractivity contribution < 1.29 is 0 Å². The van der Waals surface area contributed by atoms with E-state index in [1.165, 1.54) is 11.1 Å². The highest BCUT2D eigenvalue weighted by atomic mass is 15.1. The molecule has 0 bridgehead atoms. The average molecular weight is 356 g/mol. The second-order valence-corrected chi connectivity index (χ2v) is 6.87. The number of nitrogens with one attached hydrogen (secondary N) is 1. The molecule has 134 valence electrons. The van der Waals surface area contributed by atoms with Gasteiger partial charge in [-0.2, -0.15) is 0 Å². The van der Waals surface area contributed by atoms with E-state index in [9.17, 15) is 0 Å². The van der Waals surface area contributed by atoms with Crippen LogP contribution < -0.4 is 5.32 Å². The number of hydrogen-bond acceptors (Lipinski definition) is 5. The van der Waals surface area contributed by atoms with Gasteiger partial charge in [0.2, 0.25) is 0 Å². The lowest BCUT2D eigenvalue weighted by atomic mass is 10.1. The number of rotatable bonds is 3. The number of fused-ring (bicyclic) bond motifs is 2. The molecule has 6 nitrogen and oxygen atoms in total. The van der Waals surface area contributed by atoms with Crippen molar-refractivity contribution >= 4 is 27.8 Å². The third-order valence-electron chi connectivity index (χ3n) is 5.20. The Morgan fingerprint density at radius 2 is 2.11 bits per heavy atom. The predicted molar refractivity (Wildman–Crippen MR) is 106 cm³/mol. The van der Waals surface area contributed by atoms with Crippen LogP contribution in [-0.2, 0) is 0 Å². The molecule has 0 saturated carbocycles. The number of aromatic nitrogens is 5. The van der Waals surface area contributed by atoms with Gasteiger partial charge in [-0.3, -0.25) is 4.98 Å². The number of imidazole rings is 1. The van der Waals surface area contributed by atoms with Crippen LogP contribution in [0.1, 0.15) is 30.6 Å². The zero-order valence-corrected chi connectivity index (χ0v) is 15.1. The number of benzene rings is 1. The van der Waals surface area contributed by atoms with Gasteiger partial charge in [0.05, 0.1) is 29.8 Å². The molecular weight excluding hydrogens is 336 g/mol. The van der Waals surface area contributed by atoms with E-state index < -0.39 is 0 Å². The minimum absolute atomic E-state index is 0.103. The maximum Gasteiger partial charge on any atom is 0.197 e. The van der Waals surface area contributed by atoms with E-state index in [4.69, 9.17) is 4.98 Å². The zero-order chi connectivity index (χ0) is 18.2. The lowest BCUT2D eigenvalue weighted by molar-refractivity contribution is 0.652. The molecule has 0 amide bonds. The molecule has 0 saturated heterocycles. The SMILES string of the molecule is CC(c1ccc2ncccc2c1)n1cnc2ncc(C3=CCNCC3)nc21. The van der Waals surface area contributed by atoms with Gasteiger partial charge in [0.1, 0.15) is 0 Å². The first-order valence-electron chi connectivity index (χ1n) is 9.24. The van der Waals surface area contributed by atoms with Gasteiger partial charge < -0.3 is 9.88 Å². The Balaban J connectivity index is 1.57. The van der Waals surface area contributed by atoms with Crippen LogP contribution in [0.5, 0.6) is 0 Å². The smallest absolute Gasteiger partial charge is 0.197 e. The van der Waals surface area contributed by atoms with Crippen molar-refractivity contribution in [2.45, 2.75) is 19.4 Å². The quantitative estimate of drug-likeness (QED) is 0.610. The van der Waals surface area contributed by atoms with Gasteiger partial charge in [0.15, 0.2) is 11.3 Å². The van der Waals surface area contributed by atoms with Gasteiger partial charge in [-0.25, -0.2) is 15.0 Å². The summed E-state index contributed by atoms with van der Waals surface area (Å²) in [7, 11) is 0. The molecule has 1 aliphatic heterocycles. The topological polar surface area (TPSA) is 68.5 Å². The van der Waals surface area contributed by atoms with Crippen LogP contribution in [0.4, 0.5) is 0 Å². The van der Waals surface area contributed by atoms with Crippen LogP contribution in [0.3, 0.4) is 0 Å². The van der Waals surface area contributed by atoms with Crippen LogP contribution in [-0.4, -0.2) is 37.6 Å². The summed E-state index contributed by atoms with van der Waals surface area (Å²) in [5, 5.41) is 4.47. The van der Waals surface area contributed by atoms with Crippen LogP contribution in [0.25, 0.3) is 27.8 Å². The highest BCUT2D eigenvalue weighted by molar-refractivity contribution is 5.79. The fraction of sp³-hybridized carbons (Fsp3) is 0.238. The predicted octanol–water partition coefficient (Wildman–Crippen LogP) is 3.36. The molecule has 5 rings (SSSR count). The Kier molecular flexibility index (Phi) is 3.90. The van der Waals surface area contributed by atoms with Gasteiger partial charge in [0, 0.05) is 18.1 Å². The normalized spacial score (nSPS) is 15.8. The molecule has 0 aliphatic carbocycles. The minimum atomic E-state index is 0.103. The van der Waals surface area contributed by atoms with Crippen molar-refractivity contribution in [3.05, 3.63) is 66.4 Å². The maximum absolute atomic E-state index is 4.90. The molecule has 1 aliphatic rings. The molecule has 1 N–H and O–H groups in total. The van der Waals surface area contributed by atoms with E-state index >= 15 is 0 Å². The molecule has 0 fully saturated rings. The van der Waals surface area contributed by atoms with Crippen molar-refractivity contribution in [1.82, 2.24) is 29.8 Å². The van der Waals surface area contributed by atoms with Gasteiger partial charge in [-0.05, 0) is 49.2 Å². The van der Waals surface area contributed by atoms with Gasteiger partial charge in [-0.1, -0.05) is 18.2 Å². The Labute approximate surface area is 157 Å². The first-order chi connectivity index (χ1) is 13.3. The van der Waals surface area contributed by atoms with Crippen molar-refractivity contribution in [2.24, 2.45) is 0 Å². The van der Waals surface area contributed by atoms with Crippen LogP contribution in [0.15, 0.2) is 55.1 Å². The Morgan fingerprint density at radius 3 is 3.00 bits per heavy atom. The highest BCUT2D eigenvalue weighted by Crippen LogP contribution is 2.26. The third-order valence-corrected chi connectivity index (χ3v) is 5.20. The lowest BCUT2D eigenvalue weighted by Gasteiger charge is -2.16. The number of pyridine rings is 1. The van der Waals surface area contributed by atoms with E-state index in [2.05, 4.69) is 62.1 Å². The first-order valence-corrected chi connectivity index (χ1v) is 9.24. The van der Waals surface area contributed by atoms with E-state index in [1.807, 2.05) is 24.8 Å². The number of hydrogen-bond donors (Lipinski definition) is 1. The largest absolute Gasteiger partial charge is 0.313 e. The van der Waals surface area contributed by atoms with E-state index in [-0.39, 0.29) is 6.04 Å². The van der Waals surface area contributed by atoms with Crippen molar-refractivity contribution in [1.29, 1.82) is 0 Å². The standard InChI is InChI=1S/C21H20N6/c1-14(16-4-5-18-17(11-16)3-2-8-23-18)27-13-25-20-21(27)26-19(12-24-20)15-6-9-22-10-7-15/h2-6,8,11-14,22H,7,9-10H2,1H3. The molecular formula is C21H20N6. The fourth-order valence-electron chi connectivity index (χ4n) is 3.62. The molecule has 0 spiro atoms. The molecule has 1 aromatic carbocycles. The zero-order valence-electron chi connectivity index (χ0n) is 15.1. The molecule has 3 aromatic heterocycles. The van der Waals surface area contributed by atoms with Crippen LogP contribution >= 0.6 is 0 Å². The molecule has 6 heteroatoms. The Hall–Kier alpha value is -3.12. The molecule has 1 atom stereocenters. The Morgan fingerprint density at radius 1 is 1.15 bits per heavy atom. The molecule has 1 unspecified atom stereocenters. The molecule has 4 heterocycles. The number of nitrogens with zero attached hydrogens (tertiary/aromatic N) is 5. The summed E-state index contributed by atoms with van der Waals surface area (Å²) in [6.45, 7) is 4.03. The summed E-state index contributed by atoms with van der Waals surface area (Å²) >= 11 is 0.